The zero-order valence-corrected chi connectivity index (χ0v) is 8.38. The van der Waals surface area contributed by atoms with Crippen LogP contribution in [-0.4, -0.2) is 16.2 Å². The maximum absolute atomic E-state index is 12.3. The van der Waals surface area contributed by atoms with Crippen LogP contribution in [0, 0.1) is 0 Å². The summed E-state index contributed by atoms with van der Waals surface area (Å²) in [6.45, 7) is 0. The van der Waals surface area contributed by atoms with E-state index in [1.165, 1.54) is 0 Å². The van der Waals surface area contributed by atoms with E-state index in [-0.39, 0.29) is 5.56 Å². The summed E-state index contributed by atoms with van der Waals surface area (Å²) < 4.78 is 36.8. The summed E-state index contributed by atoms with van der Waals surface area (Å²) in [5.74, 6) is -1.56. The largest absolute Gasteiger partial charge is 0.479 e. The summed E-state index contributed by atoms with van der Waals surface area (Å²) >= 11 is 5.34. The Bertz CT molecular complexity index is 417. The molecule has 88 valence electrons. The number of carboxylic acids is 1. The summed E-state index contributed by atoms with van der Waals surface area (Å²) in [5, 5.41) is 16.9. The van der Waals surface area contributed by atoms with Crippen LogP contribution >= 0.6 is 11.6 Å². The van der Waals surface area contributed by atoms with Crippen LogP contribution in [0.2, 0.25) is 5.02 Å². The highest BCUT2D eigenvalue weighted by atomic mass is 35.5. The number of carboxylic acid groups (broad SMARTS) is 1. The number of hydrogen-bond donors (Lipinski definition) is 2. The topological polar surface area (TPSA) is 57.5 Å². The molecular formula is C9H6ClF3O3. The van der Waals surface area contributed by atoms with Crippen molar-refractivity contribution in [3.05, 3.63) is 34.3 Å². The van der Waals surface area contributed by atoms with Gasteiger partial charge < -0.3 is 10.2 Å². The summed E-state index contributed by atoms with van der Waals surface area (Å²) in [7, 11) is 0. The Morgan fingerprint density at radius 3 is 2.31 bits per heavy atom. The number of halogens is 4. The van der Waals surface area contributed by atoms with E-state index in [0.29, 0.717) is 6.07 Å². The Morgan fingerprint density at radius 1 is 1.38 bits per heavy atom. The fraction of sp³-hybridized carbons (Fsp3) is 0.222. The van der Waals surface area contributed by atoms with Gasteiger partial charge in [0.1, 0.15) is 0 Å². The molecule has 0 amide bonds. The van der Waals surface area contributed by atoms with Gasteiger partial charge in [0.15, 0.2) is 6.10 Å². The van der Waals surface area contributed by atoms with E-state index in [1.54, 1.807) is 0 Å². The van der Waals surface area contributed by atoms with Crippen LogP contribution in [0.1, 0.15) is 17.2 Å². The quantitative estimate of drug-likeness (QED) is 0.852. The highest BCUT2D eigenvalue weighted by Crippen LogP contribution is 2.35. The Labute approximate surface area is 93.1 Å². The first-order chi connectivity index (χ1) is 7.23. The predicted octanol–water partition coefficient (Wildman–Crippen LogP) is 2.48. The number of hydrogen-bond acceptors (Lipinski definition) is 2. The van der Waals surface area contributed by atoms with Crippen molar-refractivity contribution in [3.63, 3.8) is 0 Å². The Morgan fingerprint density at radius 2 is 1.94 bits per heavy atom. The lowest BCUT2D eigenvalue weighted by Gasteiger charge is -2.11. The second kappa shape index (κ2) is 4.31. The first kappa shape index (κ1) is 12.8. The third-order valence-electron chi connectivity index (χ3n) is 1.85. The minimum atomic E-state index is -4.61. The third kappa shape index (κ3) is 2.65. The van der Waals surface area contributed by atoms with Crippen LogP contribution in [0.15, 0.2) is 18.2 Å². The Kier molecular flexibility index (Phi) is 3.44. The molecule has 0 spiro atoms. The zero-order chi connectivity index (χ0) is 12.5. The highest BCUT2D eigenvalue weighted by molar-refractivity contribution is 6.31. The second-order valence-corrected chi connectivity index (χ2v) is 3.39. The number of benzene rings is 1. The molecule has 0 aliphatic heterocycles. The molecule has 0 radical (unpaired) electrons. The summed E-state index contributed by atoms with van der Waals surface area (Å²) in [4.78, 5) is 10.4. The lowest BCUT2D eigenvalue weighted by Crippen LogP contribution is -2.12. The van der Waals surface area contributed by atoms with Crippen LogP contribution in [0.25, 0.3) is 0 Å². The lowest BCUT2D eigenvalue weighted by molar-refractivity contribution is -0.146. The van der Waals surface area contributed by atoms with Crippen molar-refractivity contribution < 1.29 is 28.2 Å². The average molecular weight is 255 g/mol. The molecule has 7 heteroatoms. The zero-order valence-electron chi connectivity index (χ0n) is 7.62. The van der Waals surface area contributed by atoms with Crippen molar-refractivity contribution in [2.75, 3.05) is 0 Å². The van der Waals surface area contributed by atoms with Gasteiger partial charge in [0, 0.05) is 0 Å². The third-order valence-corrected chi connectivity index (χ3v) is 2.16. The minimum Gasteiger partial charge on any atom is -0.479 e. The van der Waals surface area contributed by atoms with Crippen molar-refractivity contribution in [1.29, 1.82) is 0 Å². The molecule has 2 N–H and O–H groups in total. The van der Waals surface area contributed by atoms with Gasteiger partial charge in [-0.15, -0.1) is 0 Å². The number of carbonyl (C=O) groups is 1. The fourth-order valence-corrected chi connectivity index (χ4v) is 1.37. The van der Waals surface area contributed by atoms with Crippen molar-refractivity contribution in [3.8, 4) is 0 Å². The molecule has 0 saturated heterocycles. The number of aliphatic carboxylic acids is 1. The standard InChI is InChI=1S/C9H6ClF3O3/c10-6-3-4(7(14)8(15)16)1-2-5(6)9(11,12)13/h1-3,7,14H,(H,15,16). The summed E-state index contributed by atoms with van der Waals surface area (Å²) in [5.41, 5.74) is -1.28. The molecule has 3 nitrogen and oxygen atoms in total. The first-order valence-electron chi connectivity index (χ1n) is 4.01. The predicted molar refractivity (Wildman–Crippen MR) is 49.0 cm³/mol. The minimum absolute atomic E-state index is 0.203. The van der Waals surface area contributed by atoms with Gasteiger partial charge >= 0.3 is 12.1 Å². The molecule has 1 aromatic carbocycles. The number of rotatable bonds is 2. The van der Waals surface area contributed by atoms with E-state index in [4.69, 9.17) is 21.8 Å². The van der Waals surface area contributed by atoms with Gasteiger partial charge in [-0.25, -0.2) is 4.79 Å². The number of aliphatic hydroxyl groups is 1. The molecule has 1 rings (SSSR count). The van der Waals surface area contributed by atoms with E-state index < -0.39 is 28.8 Å². The van der Waals surface area contributed by atoms with Gasteiger partial charge in [-0.3, -0.25) is 0 Å². The van der Waals surface area contributed by atoms with Gasteiger partial charge in [0.05, 0.1) is 10.6 Å². The van der Waals surface area contributed by atoms with E-state index >= 15 is 0 Å². The molecular weight excluding hydrogens is 249 g/mol. The van der Waals surface area contributed by atoms with Crippen LogP contribution in [0.4, 0.5) is 13.2 Å². The van der Waals surface area contributed by atoms with Crippen LogP contribution in [-0.2, 0) is 11.0 Å². The Balaban J connectivity index is 3.14. The smallest absolute Gasteiger partial charge is 0.417 e. The van der Waals surface area contributed by atoms with Gasteiger partial charge in [-0.2, -0.15) is 13.2 Å². The molecule has 16 heavy (non-hydrogen) atoms. The van der Waals surface area contributed by atoms with Gasteiger partial charge in [0.2, 0.25) is 0 Å². The monoisotopic (exact) mass is 254 g/mol. The average Bonchev–Trinajstić information content (AvgIpc) is 2.14. The first-order valence-corrected chi connectivity index (χ1v) is 4.39. The normalized spacial score (nSPS) is 13.6. The van der Waals surface area contributed by atoms with E-state index in [1.807, 2.05) is 0 Å². The molecule has 0 fully saturated rings. The molecule has 0 aliphatic carbocycles. The van der Waals surface area contributed by atoms with Gasteiger partial charge in [-0.1, -0.05) is 17.7 Å². The van der Waals surface area contributed by atoms with Crippen LogP contribution in [0.5, 0.6) is 0 Å². The van der Waals surface area contributed by atoms with E-state index in [2.05, 4.69) is 0 Å². The van der Waals surface area contributed by atoms with E-state index in [9.17, 15) is 18.0 Å². The molecule has 0 saturated carbocycles. The molecule has 0 aromatic heterocycles. The van der Waals surface area contributed by atoms with Crippen molar-refractivity contribution in [2.45, 2.75) is 12.3 Å². The molecule has 1 atom stereocenters. The SMILES string of the molecule is O=C(O)C(O)c1ccc(C(F)(F)F)c(Cl)c1. The molecule has 1 unspecified atom stereocenters. The van der Waals surface area contributed by atoms with Crippen molar-refractivity contribution in [2.24, 2.45) is 0 Å². The van der Waals surface area contributed by atoms with Gasteiger partial charge in [0.25, 0.3) is 0 Å². The Hall–Kier alpha value is -1.27. The molecule has 0 bridgehead atoms. The highest BCUT2D eigenvalue weighted by Gasteiger charge is 2.33. The maximum atomic E-state index is 12.3. The number of alkyl halides is 3. The van der Waals surface area contributed by atoms with Gasteiger partial charge in [-0.05, 0) is 17.7 Å². The van der Waals surface area contributed by atoms with Crippen molar-refractivity contribution >= 4 is 17.6 Å². The van der Waals surface area contributed by atoms with Crippen LogP contribution in [0.3, 0.4) is 0 Å². The second-order valence-electron chi connectivity index (χ2n) is 2.98. The summed E-state index contributed by atoms with van der Waals surface area (Å²) in [6, 6.07) is 2.28. The van der Waals surface area contributed by atoms with Crippen LogP contribution < -0.4 is 0 Å². The fourth-order valence-electron chi connectivity index (χ4n) is 1.07. The maximum Gasteiger partial charge on any atom is 0.417 e. The molecule has 0 aliphatic rings. The molecule has 0 heterocycles. The summed E-state index contributed by atoms with van der Waals surface area (Å²) in [6.07, 6.45) is -6.50. The van der Waals surface area contributed by atoms with E-state index in [0.717, 1.165) is 12.1 Å². The molecule has 1 aromatic rings. The number of aliphatic hydroxyl groups excluding tert-OH is 1. The van der Waals surface area contributed by atoms with Crippen molar-refractivity contribution in [1.82, 2.24) is 0 Å². The lowest BCUT2D eigenvalue weighted by atomic mass is 10.1.